The molecular formula is C6H15NS. The molecule has 0 bridgehead atoms. The Hall–Kier alpha value is 0.0500. The van der Waals surface area contributed by atoms with Crippen molar-refractivity contribution in [1.29, 1.82) is 0 Å². The standard InChI is InChI=1S/C6H15NS/c1-5-6-8(3,4)7-2/h5,7H,1,6H2,2-4H3. The molecule has 0 amide bonds. The van der Waals surface area contributed by atoms with E-state index in [0.717, 1.165) is 5.75 Å². The molecule has 0 aromatic rings. The maximum Gasteiger partial charge on any atom is 0.00625 e. The van der Waals surface area contributed by atoms with Gasteiger partial charge in [0, 0.05) is 5.75 Å². The molecule has 0 aliphatic carbocycles. The normalized spacial score (nSPS) is 13.4. The van der Waals surface area contributed by atoms with Crippen molar-refractivity contribution in [3.05, 3.63) is 12.7 Å². The third kappa shape index (κ3) is 3.10. The highest BCUT2D eigenvalue weighted by molar-refractivity contribution is 8.31. The summed E-state index contributed by atoms with van der Waals surface area (Å²) in [6, 6.07) is 0. The van der Waals surface area contributed by atoms with Crippen LogP contribution in [0, 0.1) is 0 Å². The predicted molar refractivity (Wildman–Crippen MR) is 43.6 cm³/mol. The Bertz CT molecular complexity index is 78.6. The van der Waals surface area contributed by atoms with Gasteiger partial charge >= 0.3 is 0 Å². The van der Waals surface area contributed by atoms with Gasteiger partial charge in [0.15, 0.2) is 0 Å². The van der Waals surface area contributed by atoms with Crippen LogP contribution in [0.5, 0.6) is 0 Å². The van der Waals surface area contributed by atoms with Crippen molar-refractivity contribution in [3.63, 3.8) is 0 Å². The summed E-state index contributed by atoms with van der Waals surface area (Å²) < 4.78 is 3.25. The maximum absolute atomic E-state index is 3.67. The third-order valence-electron chi connectivity index (χ3n) is 1.09. The molecule has 0 saturated carbocycles. The molecule has 50 valence electrons. The first-order valence-corrected chi connectivity index (χ1v) is 5.24. The molecule has 0 saturated heterocycles. The van der Waals surface area contributed by atoms with Crippen LogP contribution in [0.15, 0.2) is 12.7 Å². The second-order valence-corrected chi connectivity index (χ2v) is 6.02. The molecule has 0 aromatic heterocycles. The summed E-state index contributed by atoms with van der Waals surface area (Å²) in [5, 5.41) is 0. The molecule has 0 fully saturated rings. The fraction of sp³-hybridized carbons (Fsp3) is 0.667. The topological polar surface area (TPSA) is 12.0 Å². The lowest BCUT2D eigenvalue weighted by atomic mass is 10.8. The van der Waals surface area contributed by atoms with Crippen LogP contribution in [0.2, 0.25) is 0 Å². The van der Waals surface area contributed by atoms with E-state index in [4.69, 9.17) is 0 Å². The molecule has 1 nitrogen and oxygen atoms in total. The molecule has 0 rings (SSSR count). The highest BCUT2D eigenvalue weighted by Gasteiger charge is 2.02. The van der Waals surface area contributed by atoms with Gasteiger partial charge in [-0.2, -0.15) is 10.2 Å². The lowest BCUT2D eigenvalue weighted by Crippen LogP contribution is -2.15. The highest BCUT2D eigenvalue weighted by Crippen LogP contribution is 2.32. The second-order valence-electron chi connectivity index (χ2n) is 2.20. The van der Waals surface area contributed by atoms with Crippen molar-refractivity contribution in [2.24, 2.45) is 0 Å². The maximum atomic E-state index is 3.67. The number of rotatable bonds is 3. The van der Waals surface area contributed by atoms with Gasteiger partial charge in [0.2, 0.25) is 0 Å². The zero-order valence-electron chi connectivity index (χ0n) is 5.90. The van der Waals surface area contributed by atoms with Crippen molar-refractivity contribution in [1.82, 2.24) is 4.72 Å². The number of nitrogens with one attached hydrogen (secondary N) is 1. The summed E-state index contributed by atoms with van der Waals surface area (Å²) in [5.41, 5.74) is 0. The summed E-state index contributed by atoms with van der Waals surface area (Å²) in [7, 11) is 1.46. The van der Waals surface area contributed by atoms with Crippen LogP contribution in [0.1, 0.15) is 0 Å². The Morgan fingerprint density at radius 1 is 1.62 bits per heavy atom. The van der Waals surface area contributed by atoms with Gasteiger partial charge in [-0.1, -0.05) is 6.08 Å². The zero-order valence-corrected chi connectivity index (χ0v) is 6.72. The molecule has 0 aliphatic heterocycles. The Labute approximate surface area is 53.6 Å². The summed E-state index contributed by atoms with van der Waals surface area (Å²) in [4.78, 5) is 0. The molecule has 8 heavy (non-hydrogen) atoms. The largest absolute Gasteiger partial charge is 0.284 e. The second kappa shape index (κ2) is 3.15. The third-order valence-corrected chi connectivity index (χ3v) is 3.26. The van der Waals surface area contributed by atoms with Gasteiger partial charge in [0.05, 0.1) is 0 Å². The highest BCUT2D eigenvalue weighted by atomic mass is 32.3. The van der Waals surface area contributed by atoms with Gasteiger partial charge in [0.25, 0.3) is 0 Å². The van der Waals surface area contributed by atoms with Crippen molar-refractivity contribution in [3.8, 4) is 0 Å². The minimum absolute atomic E-state index is 0.538. The summed E-state index contributed by atoms with van der Waals surface area (Å²) in [6.07, 6.45) is 6.43. The van der Waals surface area contributed by atoms with Crippen molar-refractivity contribution in [2.45, 2.75) is 0 Å². The lowest BCUT2D eigenvalue weighted by Gasteiger charge is -2.28. The van der Waals surface area contributed by atoms with Crippen LogP contribution in [0.3, 0.4) is 0 Å². The van der Waals surface area contributed by atoms with Gasteiger partial charge in [-0.3, -0.25) is 4.72 Å². The molecular weight excluding hydrogens is 118 g/mol. The first kappa shape index (κ1) is 8.05. The van der Waals surface area contributed by atoms with E-state index in [1.165, 1.54) is 0 Å². The quantitative estimate of drug-likeness (QED) is 0.573. The Balaban J connectivity index is 3.53. The minimum Gasteiger partial charge on any atom is -0.284 e. The monoisotopic (exact) mass is 133 g/mol. The van der Waals surface area contributed by atoms with Crippen molar-refractivity contribution in [2.75, 3.05) is 25.3 Å². The first-order chi connectivity index (χ1) is 3.62. The van der Waals surface area contributed by atoms with Crippen LogP contribution in [0.25, 0.3) is 0 Å². The van der Waals surface area contributed by atoms with Crippen LogP contribution in [-0.4, -0.2) is 25.3 Å². The van der Waals surface area contributed by atoms with Gasteiger partial charge in [-0.15, -0.1) is 6.58 Å². The van der Waals surface area contributed by atoms with E-state index in [1.54, 1.807) is 0 Å². The molecule has 2 heteroatoms. The van der Waals surface area contributed by atoms with E-state index < -0.39 is 10.2 Å². The molecule has 0 radical (unpaired) electrons. The summed E-state index contributed by atoms with van der Waals surface area (Å²) in [5.74, 6) is 1.10. The Kier molecular flexibility index (Phi) is 3.17. The van der Waals surface area contributed by atoms with Gasteiger partial charge in [-0.25, -0.2) is 0 Å². The average Bonchev–Trinajstić information content (AvgIpc) is 1.67. The molecule has 0 heterocycles. The van der Waals surface area contributed by atoms with Crippen molar-refractivity contribution < 1.29 is 0 Å². The molecule has 0 spiro atoms. The fourth-order valence-corrected chi connectivity index (χ4v) is 1.13. The van der Waals surface area contributed by atoms with E-state index in [1.807, 2.05) is 13.1 Å². The summed E-state index contributed by atoms with van der Waals surface area (Å²) >= 11 is 0. The SMILES string of the molecule is C=CCS(C)(C)NC. The summed E-state index contributed by atoms with van der Waals surface area (Å²) in [6.45, 7) is 3.67. The molecule has 0 unspecified atom stereocenters. The van der Waals surface area contributed by atoms with E-state index in [9.17, 15) is 0 Å². The smallest absolute Gasteiger partial charge is 0.00625 e. The van der Waals surface area contributed by atoms with Crippen LogP contribution in [-0.2, 0) is 0 Å². The number of hydrogen-bond donors (Lipinski definition) is 1. The lowest BCUT2D eigenvalue weighted by molar-refractivity contribution is 1.26. The first-order valence-electron chi connectivity index (χ1n) is 2.63. The molecule has 0 aromatic carbocycles. The molecule has 0 aliphatic rings. The van der Waals surface area contributed by atoms with E-state index >= 15 is 0 Å². The minimum atomic E-state index is -0.538. The Morgan fingerprint density at radius 2 is 2.12 bits per heavy atom. The van der Waals surface area contributed by atoms with Gasteiger partial charge in [-0.05, 0) is 19.6 Å². The van der Waals surface area contributed by atoms with Crippen molar-refractivity contribution >= 4 is 10.2 Å². The van der Waals surface area contributed by atoms with E-state index in [2.05, 4.69) is 23.8 Å². The fourth-order valence-electron chi connectivity index (χ4n) is 0.378. The van der Waals surface area contributed by atoms with Crippen LogP contribution >= 0.6 is 10.2 Å². The predicted octanol–water partition coefficient (Wildman–Crippen LogP) is 1.37. The van der Waals surface area contributed by atoms with Gasteiger partial charge in [0.1, 0.15) is 0 Å². The Morgan fingerprint density at radius 3 is 2.25 bits per heavy atom. The van der Waals surface area contributed by atoms with E-state index in [0.29, 0.717) is 0 Å². The van der Waals surface area contributed by atoms with Crippen LogP contribution < -0.4 is 4.72 Å². The molecule has 0 atom stereocenters. The number of hydrogen-bond acceptors (Lipinski definition) is 1. The van der Waals surface area contributed by atoms with E-state index in [-0.39, 0.29) is 0 Å². The van der Waals surface area contributed by atoms with Crippen LogP contribution in [0.4, 0.5) is 0 Å². The van der Waals surface area contributed by atoms with Gasteiger partial charge < -0.3 is 0 Å². The zero-order chi connectivity index (χ0) is 6.62. The molecule has 1 N–H and O–H groups in total. The average molecular weight is 133 g/mol.